The number of likely N-dealkylation sites (N-methyl/N-ethyl adjacent to an activating group) is 1. The third-order valence-electron chi connectivity index (χ3n) is 3.82. The van der Waals surface area contributed by atoms with E-state index in [0.717, 1.165) is 31.7 Å². The van der Waals surface area contributed by atoms with Gasteiger partial charge in [-0.2, -0.15) is 0 Å². The van der Waals surface area contributed by atoms with E-state index in [4.69, 9.17) is 5.73 Å². The Kier molecular flexibility index (Phi) is 7.26. The van der Waals surface area contributed by atoms with Gasteiger partial charge in [-0.3, -0.25) is 4.79 Å². The van der Waals surface area contributed by atoms with E-state index in [1.165, 1.54) is 0 Å². The summed E-state index contributed by atoms with van der Waals surface area (Å²) >= 11 is 0. The number of nitrogens with one attached hydrogen (secondary N) is 1. The van der Waals surface area contributed by atoms with Crippen molar-refractivity contribution in [3.8, 4) is 0 Å². The Balaban J connectivity index is 2.59. The van der Waals surface area contributed by atoms with Crippen molar-refractivity contribution < 1.29 is 4.79 Å². The summed E-state index contributed by atoms with van der Waals surface area (Å²) in [7, 11) is 0. The van der Waals surface area contributed by atoms with Crippen LogP contribution in [0, 0.1) is 0 Å². The molecule has 0 aliphatic rings. The predicted octanol–water partition coefficient (Wildman–Crippen LogP) is 1.58. The van der Waals surface area contributed by atoms with Crippen LogP contribution in [-0.2, 0) is 4.79 Å². The maximum atomic E-state index is 11.7. The van der Waals surface area contributed by atoms with Crippen molar-refractivity contribution in [2.45, 2.75) is 32.7 Å². The molecule has 112 valence electrons. The molecule has 0 saturated heterocycles. The Bertz CT molecular complexity index is 390. The minimum absolute atomic E-state index is 0.0744. The van der Waals surface area contributed by atoms with Gasteiger partial charge in [-0.15, -0.1) is 0 Å². The number of rotatable bonds is 9. The third kappa shape index (κ3) is 4.94. The first-order valence-electron chi connectivity index (χ1n) is 7.40. The SMILES string of the molecule is CCN(CC)CCNC(C(N)=O)C(C)c1ccccc1. The average molecular weight is 277 g/mol. The summed E-state index contributed by atoms with van der Waals surface area (Å²) in [4.78, 5) is 14.0. The molecular weight excluding hydrogens is 250 g/mol. The predicted molar refractivity (Wildman–Crippen MR) is 83.6 cm³/mol. The lowest BCUT2D eigenvalue weighted by atomic mass is 9.93. The fourth-order valence-corrected chi connectivity index (χ4v) is 2.39. The van der Waals surface area contributed by atoms with Gasteiger partial charge in [-0.1, -0.05) is 51.1 Å². The number of hydrogen-bond donors (Lipinski definition) is 2. The number of carbonyl (C=O) groups is 1. The van der Waals surface area contributed by atoms with Gasteiger partial charge in [-0.05, 0) is 18.7 Å². The van der Waals surface area contributed by atoms with E-state index in [-0.39, 0.29) is 17.9 Å². The van der Waals surface area contributed by atoms with Gasteiger partial charge in [0.05, 0.1) is 6.04 Å². The zero-order valence-corrected chi connectivity index (χ0v) is 12.8. The maximum absolute atomic E-state index is 11.7. The molecule has 0 aliphatic heterocycles. The Labute approximate surface area is 122 Å². The van der Waals surface area contributed by atoms with Crippen molar-refractivity contribution in [3.05, 3.63) is 35.9 Å². The molecule has 2 atom stereocenters. The molecule has 0 radical (unpaired) electrons. The molecule has 1 aromatic rings. The van der Waals surface area contributed by atoms with Crippen LogP contribution in [0.3, 0.4) is 0 Å². The second-order valence-corrected chi connectivity index (χ2v) is 5.06. The third-order valence-corrected chi connectivity index (χ3v) is 3.82. The highest BCUT2D eigenvalue weighted by atomic mass is 16.1. The second kappa shape index (κ2) is 8.72. The van der Waals surface area contributed by atoms with E-state index in [1.54, 1.807) is 0 Å². The summed E-state index contributed by atoms with van der Waals surface area (Å²) in [5.74, 6) is -0.216. The van der Waals surface area contributed by atoms with Gasteiger partial charge >= 0.3 is 0 Å². The van der Waals surface area contributed by atoms with Crippen LogP contribution in [0.4, 0.5) is 0 Å². The number of primary amides is 1. The average Bonchev–Trinajstić information content (AvgIpc) is 2.47. The zero-order chi connectivity index (χ0) is 15.0. The highest BCUT2D eigenvalue weighted by molar-refractivity contribution is 5.81. The first kappa shape index (κ1) is 16.7. The number of nitrogens with zero attached hydrogens (tertiary/aromatic N) is 1. The van der Waals surface area contributed by atoms with E-state index in [2.05, 4.69) is 24.1 Å². The van der Waals surface area contributed by atoms with Crippen LogP contribution in [0.5, 0.6) is 0 Å². The van der Waals surface area contributed by atoms with Crippen molar-refractivity contribution in [2.75, 3.05) is 26.2 Å². The quantitative estimate of drug-likeness (QED) is 0.720. The number of benzene rings is 1. The molecule has 0 aromatic heterocycles. The Hall–Kier alpha value is -1.39. The second-order valence-electron chi connectivity index (χ2n) is 5.06. The molecule has 4 nitrogen and oxygen atoms in total. The summed E-state index contributed by atoms with van der Waals surface area (Å²) in [6, 6.07) is 9.69. The van der Waals surface area contributed by atoms with Crippen molar-refractivity contribution in [1.82, 2.24) is 10.2 Å². The van der Waals surface area contributed by atoms with Gasteiger partial charge in [-0.25, -0.2) is 0 Å². The van der Waals surface area contributed by atoms with Gasteiger partial charge in [0.1, 0.15) is 0 Å². The first-order valence-corrected chi connectivity index (χ1v) is 7.40. The fourth-order valence-electron chi connectivity index (χ4n) is 2.39. The standard InChI is InChI=1S/C16H27N3O/c1-4-19(5-2)12-11-18-15(16(17)20)13(3)14-9-7-6-8-10-14/h6-10,13,15,18H,4-5,11-12H2,1-3H3,(H2,17,20). The van der Waals surface area contributed by atoms with Crippen LogP contribution in [-0.4, -0.2) is 43.0 Å². The first-order chi connectivity index (χ1) is 9.60. The number of nitrogens with two attached hydrogens (primary N) is 1. The van der Waals surface area contributed by atoms with Crippen molar-refractivity contribution in [1.29, 1.82) is 0 Å². The van der Waals surface area contributed by atoms with E-state index in [0.29, 0.717) is 0 Å². The van der Waals surface area contributed by atoms with E-state index in [1.807, 2.05) is 37.3 Å². The highest BCUT2D eigenvalue weighted by Crippen LogP contribution is 2.18. The molecule has 1 amide bonds. The molecule has 1 aromatic carbocycles. The Morgan fingerprint density at radius 2 is 1.85 bits per heavy atom. The fraction of sp³-hybridized carbons (Fsp3) is 0.562. The number of carbonyl (C=O) groups excluding carboxylic acids is 1. The van der Waals surface area contributed by atoms with Gasteiger partial charge < -0.3 is 16.0 Å². The largest absolute Gasteiger partial charge is 0.368 e. The lowest BCUT2D eigenvalue weighted by Crippen LogP contribution is -2.47. The zero-order valence-electron chi connectivity index (χ0n) is 12.8. The van der Waals surface area contributed by atoms with Crippen molar-refractivity contribution in [3.63, 3.8) is 0 Å². The molecule has 3 N–H and O–H groups in total. The van der Waals surface area contributed by atoms with E-state index < -0.39 is 0 Å². The van der Waals surface area contributed by atoms with Gasteiger partial charge in [0.2, 0.25) is 5.91 Å². The molecule has 20 heavy (non-hydrogen) atoms. The molecule has 0 spiro atoms. The maximum Gasteiger partial charge on any atom is 0.235 e. The molecule has 0 saturated carbocycles. The molecule has 0 bridgehead atoms. The minimum Gasteiger partial charge on any atom is -0.368 e. The van der Waals surface area contributed by atoms with Gasteiger partial charge in [0.25, 0.3) is 0 Å². The van der Waals surface area contributed by atoms with E-state index >= 15 is 0 Å². The van der Waals surface area contributed by atoms with Crippen LogP contribution in [0.2, 0.25) is 0 Å². The lowest BCUT2D eigenvalue weighted by molar-refractivity contribution is -0.120. The monoisotopic (exact) mass is 277 g/mol. The lowest BCUT2D eigenvalue weighted by Gasteiger charge is -2.25. The summed E-state index contributed by atoms with van der Waals surface area (Å²) in [5, 5.41) is 3.30. The minimum atomic E-state index is -0.326. The van der Waals surface area contributed by atoms with Crippen LogP contribution in [0.25, 0.3) is 0 Å². The summed E-state index contributed by atoms with van der Waals surface area (Å²) in [6.45, 7) is 10.1. The summed E-state index contributed by atoms with van der Waals surface area (Å²) < 4.78 is 0. The number of hydrogen-bond acceptors (Lipinski definition) is 3. The van der Waals surface area contributed by atoms with Crippen molar-refractivity contribution >= 4 is 5.91 Å². The van der Waals surface area contributed by atoms with Crippen LogP contribution in [0.1, 0.15) is 32.3 Å². The molecule has 1 rings (SSSR count). The van der Waals surface area contributed by atoms with Crippen LogP contribution in [0.15, 0.2) is 30.3 Å². The number of amides is 1. The highest BCUT2D eigenvalue weighted by Gasteiger charge is 2.23. The van der Waals surface area contributed by atoms with Crippen LogP contribution < -0.4 is 11.1 Å². The molecular formula is C16H27N3O. The van der Waals surface area contributed by atoms with Crippen molar-refractivity contribution in [2.24, 2.45) is 5.73 Å². The molecule has 0 fully saturated rings. The normalized spacial score (nSPS) is 14.2. The Morgan fingerprint density at radius 1 is 1.25 bits per heavy atom. The molecule has 4 heteroatoms. The van der Waals surface area contributed by atoms with Crippen LogP contribution >= 0.6 is 0 Å². The van der Waals surface area contributed by atoms with E-state index in [9.17, 15) is 4.79 Å². The van der Waals surface area contributed by atoms with Gasteiger partial charge in [0, 0.05) is 19.0 Å². The topological polar surface area (TPSA) is 58.4 Å². The molecule has 0 aliphatic carbocycles. The summed E-state index contributed by atoms with van der Waals surface area (Å²) in [5.41, 5.74) is 6.67. The molecule has 2 unspecified atom stereocenters. The molecule has 0 heterocycles. The Morgan fingerprint density at radius 3 is 2.35 bits per heavy atom. The van der Waals surface area contributed by atoms with Gasteiger partial charge in [0.15, 0.2) is 0 Å². The summed E-state index contributed by atoms with van der Waals surface area (Å²) in [6.07, 6.45) is 0. The smallest absolute Gasteiger partial charge is 0.235 e.